The van der Waals surface area contributed by atoms with E-state index >= 15 is 0 Å². The summed E-state index contributed by atoms with van der Waals surface area (Å²) in [6.45, 7) is 0. The first-order valence-electron chi connectivity index (χ1n) is 20.9. The topological polar surface area (TPSA) is 38.7 Å². The summed E-state index contributed by atoms with van der Waals surface area (Å²) in [5, 5.41) is 7.57. The summed E-state index contributed by atoms with van der Waals surface area (Å²) >= 11 is 0. The van der Waals surface area contributed by atoms with Crippen molar-refractivity contribution >= 4 is 32.3 Å². The van der Waals surface area contributed by atoms with E-state index in [1.54, 1.807) is 0 Å². The van der Waals surface area contributed by atoms with Gasteiger partial charge in [-0.25, -0.2) is 15.0 Å². The minimum atomic E-state index is -0.615. The van der Waals surface area contributed by atoms with Crippen molar-refractivity contribution in [2.45, 2.75) is 5.41 Å². The quantitative estimate of drug-likeness (QED) is 0.158. The van der Waals surface area contributed by atoms with Gasteiger partial charge in [-0.2, -0.15) is 0 Å². The predicted molar refractivity (Wildman–Crippen MR) is 251 cm³/mol. The Morgan fingerprint density at radius 1 is 0.279 bits per heavy atom. The van der Waals surface area contributed by atoms with Crippen LogP contribution in [0.25, 0.3) is 88.7 Å². The second-order valence-corrected chi connectivity index (χ2v) is 15.9. The van der Waals surface area contributed by atoms with Crippen LogP contribution in [0.1, 0.15) is 22.3 Å². The van der Waals surface area contributed by atoms with Crippen LogP contribution in [-0.4, -0.2) is 15.0 Å². The maximum Gasteiger partial charge on any atom is 0.164 e. The van der Waals surface area contributed by atoms with Gasteiger partial charge >= 0.3 is 0 Å². The lowest BCUT2D eigenvalue weighted by Gasteiger charge is -2.35. The first kappa shape index (κ1) is 35.0. The van der Waals surface area contributed by atoms with Crippen LogP contribution in [0.15, 0.2) is 224 Å². The Morgan fingerprint density at radius 2 is 0.672 bits per heavy atom. The SMILES string of the molecule is c1ccc(-c2ccc(-c3nc(-c4ccccc4)nc(-c4ccc5c(c4)-c4ccc6c7ccccc7c7ccccc7c6c4C5(c4ccccc4)c4ccccc4)n3)cc2)cc1. The van der Waals surface area contributed by atoms with Crippen molar-refractivity contribution in [2.24, 2.45) is 0 Å². The first-order chi connectivity index (χ1) is 30.3. The molecule has 0 N–H and O–H groups in total. The number of rotatable bonds is 6. The van der Waals surface area contributed by atoms with E-state index in [1.807, 2.05) is 24.3 Å². The van der Waals surface area contributed by atoms with Gasteiger partial charge in [-0.1, -0.05) is 218 Å². The molecular weight excluding hydrogens is 739 g/mol. The lowest BCUT2D eigenvalue weighted by Crippen LogP contribution is -2.28. The van der Waals surface area contributed by atoms with Gasteiger partial charge in [-0.3, -0.25) is 0 Å². The number of fused-ring (bicyclic) bond motifs is 10. The summed E-state index contributed by atoms with van der Waals surface area (Å²) in [5.74, 6) is 1.91. The zero-order valence-corrected chi connectivity index (χ0v) is 33.2. The summed E-state index contributed by atoms with van der Waals surface area (Å²) in [4.78, 5) is 15.5. The molecule has 3 heteroatoms. The van der Waals surface area contributed by atoms with Crippen molar-refractivity contribution in [3.05, 3.63) is 247 Å². The Labute approximate surface area is 354 Å². The predicted octanol–water partition coefficient (Wildman–Crippen LogP) is 14.4. The van der Waals surface area contributed by atoms with E-state index in [-0.39, 0.29) is 0 Å². The van der Waals surface area contributed by atoms with E-state index in [4.69, 9.17) is 15.0 Å². The molecule has 1 aliphatic rings. The molecule has 1 aliphatic carbocycles. The van der Waals surface area contributed by atoms with Gasteiger partial charge in [-0.05, 0) is 82.9 Å². The molecule has 3 nitrogen and oxygen atoms in total. The monoisotopic (exact) mass is 775 g/mol. The second kappa shape index (κ2) is 14.1. The molecule has 0 unspecified atom stereocenters. The second-order valence-electron chi connectivity index (χ2n) is 15.9. The molecular formula is C58H37N3. The molecule has 61 heavy (non-hydrogen) atoms. The van der Waals surface area contributed by atoms with E-state index in [0.29, 0.717) is 17.5 Å². The molecule has 0 saturated carbocycles. The Bertz CT molecular complexity index is 3360. The normalized spacial score (nSPS) is 12.7. The third-order valence-electron chi connectivity index (χ3n) is 12.6. The highest BCUT2D eigenvalue weighted by Crippen LogP contribution is 2.60. The number of hydrogen-bond donors (Lipinski definition) is 0. The van der Waals surface area contributed by atoms with E-state index in [0.717, 1.165) is 22.3 Å². The van der Waals surface area contributed by atoms with Crippen LogP contribution < -0.4 is 0 Å². The molecule has 11 aromatic rings. The van der Waals surface area contributed by atoms with Crippen LogP contribution in [-0.2, 0) is 5.41 Å². The standard InChI is InChI=1S/C58H37N3/c1-5-17-38(18-6-1)39-29-31-41(32-30-39)56-59-55(40-19-7-2-8-20-40)60-57(61-56)42-33-36-52-51(37-42)50-35-34-49-47-27-14-13-25-45(47)46-26-15-16-28-48(46)53(49)54(50)58(52,43-21-9-3-10-22-43)44-23-11-4-12-24-44/h1-37H. The molecule has 12 rings (SSSR count). The molecule has 0 fully saturated rings. The molecule has 1 heterocycles. The van der Waals surface area contributed by atoms with Crippen LogP contribution >= 0.6 is 0 Å². The van der Waals surface area contributed by atoms with E-state index in [1.165, 1.54) is 71.3 Å². The van der Waals surface area contributed by atoms with Gasteiger partial charge in [0.2, 0.25) is 0 Å². The van der Waals surface area contributed by atoms with E-state index in [2.05, 4.69) is 200 Å². The molecule has 1 aromatic heterocycles. The summed E-state index contributed by atoms with van der Waals surface area (Å²) in [7, 11) is 0. The van der Waals surface area contributed by atoms with Crippen molar-refractivity contribution in [3.8, 4) is 56.4 Å². The maximum atomic E-state index is 5.24. The van der Waals surface area contributed by atoms with Crippen molar-refractivity contribution in [3.63, 3.8) is 0 Å². The zero-order chi connectivity index (χ0) is 40.3. The lowest BCUT2D eigenvalue weighted by molar-refractivity contribution is 0.776. The third-order valence-corrected chi connectivity index (χ3v) is 12.6. The maximum absolute atomic E-state index is 5.24. The molecule has 0 atom stereocenters. The number of nitrogens with zero attached hydrogens (tertiary/aromatic N) is 3. The van der Waals surface area contributed by atoms with Crippen LogP contribution in [0.2, 0.25) is 0 Å². The van der Waals surface area contributed by atoms with Crippen molar-refractivity contribution in [2.75, 3.05) is 0 Å². The fourth-order valence-corrected chi connectivity index (χ4v) is 9.91. The largest absolute Gasteiger partial charge is 0.208 e. The van der Waals surface area contributed by atoms with Crippen molar-refractivity contribution in [1.82, 2.24) is 15.0 Å². The van der Waals surface area contributed by atoms with Crippen LogP contribution in [0.3, 0.4) is 0 Å². The molecule has 0 saturated heterocycles. The van der Waals surface area contributed by atoms with Gasteiger partial charge in [0, 0.05) is 16.7 Å². The number of aromatic nitrogens is 3. The third kappa shape index (κ3) is 5.48. The van der Waals surface area contributed by atoms with Crippen LogP contribution in [0.5, 0.6) is 0 Å². The van der Waals surface area contributed by atoms with Gasteiger partial charge < -0.3 is 0 Å². The Balaban J connectivity index is 1.14. The zero-order valence-electron chi connectivity index (χ0n) is 33.2. The lowest BCUT2D eigenvalue weighted by atomic mass is 9.66. The molecule has 0 spiro atoms. The molecule has 0 amide bonds. The summed E-state index contributed by atoms with van der Waals surface area (Å²) in [5.41, 5.74) is 11.9. The number of hydrogen-bond acceptors (Lipinski definition) is 3. The minimum Gasteiger partial charge on any atom is -0.208 e. The smallest absolute Gasteiger partial charge is 0.164 e. The van der Waals surface area contributed by atoms with Crippen molar-refractivity contribution < 1.29 is 0 Å². The van der Waals surface area contributed by atoms with E-state index < -0.39 is 5.41 Å². The summed E-state index contributed by atoms with van der Waals surface area (Å²) in [6, 6.07) is 80.7. The average Bonchev–Trinajstić information content (AvgIpc) is 3.65. The highest BCUT2D eigenvalue weighted by Gasteiger charge is 2.47. The van der Waals surface area contributed by atoms with Crippen LogP contribution in [0.4, 0.5) is 0 Å². The Morgan fingerprint density at radius 3 is 1.25 bits per heavy atom. The van der Waals surface area contributed by atoms with Gasteiger partial charge in [0.1, 0.15) is 0 Å². The first-order valence-corrected chi connectivity index (χ1v) is 20.9. The Hall–Kier alpha value is -8.01. The fraction of sp³-hybridized carbons (Fsp3) is 0.0172. The van der Waals surface area contributed by atoms with Gasteiger partial charge in [0.15, 0.2) is 17.5 Å². The number of benzene rings is 10. The van der Waals surface area contributed by atoms with Crippen LogP contribution in [0, 0.1) is 0 Å². The summed E-state index contributed by atoms with van der Waals surface area (Å²) < 4.78 is 0. The molecule has 0 bridgehead atoms. The van der Waals surface area contributed by atoms with E-state index in [9.17, 15) is 0 Å². The molecule has 10 aromatic carbocycles. The average molecular weight is 776 g/mol. The molecule has 0 radical (unpaired) electrons. The highest BCUT2D eigenvalue weighted by atomic mass is 15.0. The summed E-state index contributed by atoms with van der Waals surface area (Å²) in [6.07, 6.45) is 0. The minimum absolute atomic E-state index is 0.615. The highest BCUT2D eigenvalue weighted by molar-refractivity contribution is 6.27. The fourth-order valence-electron chi connectivity index (χ4n) is 9.91. The molecule has 284 valence electrons. The Kier molecular flexibility index (Phi) is 8.07. The van der Waals surface area contributed by atoms with Gasteiger partial charge in [0.05, 0.1) is 5.41 Å². The van der Waals surface area contributed by atoms with Gasteiger partial charge in [0.25, 0.3) is 0 Å². The molecule has 0 aliphatic heterocycles. The van der Waals surface area contributed by atoms with Gasteiger partial charge in [-0.15, -0.1) is 0 Å². The van der Waals surface area contributed by atoms with Crippen molar-refractivity contribution in [1.29, 1.82) is 0 Å².